The fraction of sp³-hybridized carbons (Fsp3) is 0.636. The normalized spacial score (nSPS) is 25.1. The number of thiazole rings is 1. The lowest BCUT2D eigenvalue weighted by Gasteiger charge is -2.22. The van der Waals surface area contributed by atoms with Gasteiger partial charge >= 0.3 is 0 Å². The molecule has 0 saturated carbocycles. The van der Waals surface area contributed by atoms with Crippen LogP contribution in [0, 0.1) is 5.41 Å². The number of aromatic nitrogens is 1. The Kier molecular flexibility index (Phi) is 3.70. The van der Waals surface area contributed by atoms with Gasteiger partial charge in [0.25, 0.3) is 0 Å². The molecule has 4 nitrogen and oxygen atoms in total. The second-order valence-electron chi connectivity index (χ2n) is 4.68. The SMILES string of the molecule is CNC(=O)C1(C)CCN(Cc2cnc(Cl)s2)C1. The van der Waals surface area contributed by atoms with Gasteiger partial charge < -0.3 is 5.32 Å². The van der Waals surface area contributed by atoms with Crippen LogP contribution in [0.3, 0.4) is 0 Å². The summed E-state index contributed by atoms with van der Waals surface area (Å²) in [6.07, 6.45) is 2.71. The predicted octanol–water partition coefficient (Wildman–Crippen LogP) is 1.75. The maximum atomic E-state index is 11.8. The Labute approximate surface area is 110 Å². The number of halogens is 1. The van der Waals surface area contributed by atoms with E-state index in [1.54, 1.807) is 7.05 Å². The van der Waals surface area contributed by atoms with E-state index in [-0.39, 0.29) is 11.3 Å². The van der Waals surface area contributed by atoms with Crippen LogP contribution in [0.4, 0.5) is 0 Å². The summed E-state index contributed by atoms with van der Waals surface area (Å²) in [6, 6.07) is 0. The molecule has 1 fully saturated rings. The fourth-order valence-corrected chi connectivity index (χ4v) is 3.28. The molecule has 1 atom stereocenters. The van der Waals surface area contributed by atoms with Crippen molar-refractivity contribution in [2.45, 2.75) is 19.9 Å². The molecule has 1 N–H and O–H groups in total. The lowest BCUT2D eigenvalue weighted by molar-refractivity contribution is -0.129. The van der Waals surface area contributed by atoms with Crippen molar-refractivity contribution < 1.29 is 4.79 Å². The summed E-state index contributed by atoms with van der Waals surface area (Å²) in [5, 5.41) is 2.74. The molecule has 0 aromatic carbocycles. The van der Waals surface area contributed by atoms with Gasteiger partial charge in [-0.15, -0.1) is 11.3 Å². The third-order valence-corrected chi connectivity index (χ3v) is 4.33. The van der Waals surface area contributed by atoms with Crippen molar-refractivity contribution >= 4 is 28.8 Å². The van der Waals surface area contributed by atoms with E-state index in [9.17, 15) is 4.79 Å². The monoisotopic (exact) mass is 273 g/mol. The molecule has 94 valence electrons. The van der Waals surface area contributed by atoms with Gasteiger partial charge in [0.05, 0.1) is 5.41 Å². The van der Waals surface area contributed by atoms with Gasteiger partial charge in [-0.1, -0.05) is 11.6 Å². The van der Waals surface area contributed by atoms with E-state index in [2.05, 4.69) is 15.2 Å². The van der Waals surface area contributed by atoms with Crippen molar-refractivity contribution in [2.24, 2.45) is 5.41 Å². The average molecular weight is 274 g/mol. The van der Waals surface area contributed by atoms with Crippen LogP contribution in [-0.4, -0.2) is 35.9 Å². The van der Waals surface area contributed by atoms with Crippen LogP contribution in [-0.2, 0) is 11.3 Å². The molecule has 0 aliphatic carbocycles. The quantitative estimate of drug-likeness (QED) is 0.913. The number of carbonyl (C=O) groups is 1. The molecule has 6 heteroatoms. The first-order valence-electron chi connectivity index (χ1n) is 5.58. The molecule has 1 saturated heterocycles. The zero-order valence-electron chi connectivity index (χ0n) is 9.99. The molecule has 17 heavy (non-hydrogen) atoms. The number of nitrogens with one attached hydrogen (secondary N) is 1. The number of hydrogen-bond donors (Lipinski definition) is 1. The van der Waals surface area contributed by atoms with Crippen LogP contribution in [0.15, 0.2) is 6.20 Å². The second kappa shape index (κ2) is 4.92. The first-order valence-corrected chi connectivity index (χ1v) is 6.78. The Morgan fingerprint density at radius 3 is 3.12 bits per heavy atom. The zero-order chi connectivity index (χ0) is 12.5. The van der Waals surface area contributed by atoms with Crippen LogP contribution in [0.2, 0.25) is 4.47 Å². The minimum absolute atomic E-state index is 0.127. The molecule has 1 aromatic rings. The summed E-state index contributed by atoms with van der Waals surface area (Å²) in [7, 11) is 1.69. The van der Waals surface area contributed by atoms with Crippen molar-refractivity contribution in [2.75, 3.05) is 20.1 Å². The molecule has 1 unspecified atom stereocenters. The van der Waals surface area contributed by atoms with Gasteiger partial charge in [-0.3, -0.25) is 9.69 Å². The zero-order valence-corrected chi connectivity index (χ0v) is 11.6. The summed E-state index contributed by atoms with van der Waals surface area (Å²) < 4.78 is 0.577. The Balaban J connectivity index is 1.96. The van der Waals surface area contributed by atoms with E-state index in [0.29, 0.717) is 4.47 Å². The predicted molar refractivity (Wildman–Crippen MR) is 69.2 cm³/mol. The maximum Gasteiger partial charge on any atom is 0.227 e. The largest absolute Gasteiger partial charge is 0.359 e. The highest BCUT2D eigenvalue weighted by molar-refractivity contribution is 7.15. The van der Waals surface area contributed by atoms with E-state index in [4.69, 9.17) is 11.6 Å². The van der Waals surface area contributed by atoms with E-state index < -0.39 is 0 Å². The third-order valence-electron chi connectivity index (χ3n) is 3.23. The summed E-state index contributed by atoms with van der Waals surface area (Å²) in [5.74, 6) is 0.127. The van der Waals surface area contributed by atoms with E-state index >= 15 is 0 Å². The van der Waals surface area contributed by atoms with Crippen LogP contribution < -0.4 is 5.32 Å². The first kappa shape index (κ1) is 12.8. The Morgan fingerprint density at radius 2 is 2.53 bits per heavy atom. The van der Waals surface area contributed by atoms with Crippen molar-refractivity contribution in [1.82, 2.24) is 15.2 Å². The number of rotatable bonds is 3. The average Bonchev–Trinajstić information content (AvgIpc) is 2.86. The van der Waals surface area contributed by atoms with Crippen molar-refractivity contribution in [3.05, 3.63) is 15.5 Å². The highest BCUT2D eigenvalue weighted by Gasteiger charge is 2.39. The van der Waals surface area contributed by atoms with Crippen LogP contribution >= 0.6 is 22.9 Å². The fourth-order valence-electron chi connectivity index (χ4n) is 2.26. The summed E-state index contributed by atoms with van der Waals surface area (Å²) in [5.41, 5.74) is -0.261. The lowest BCUT2D eigenvalue weighted by atomic mass is 9.89. The Hall–Kier alpha value is -0.650. The topological polar surface area (TPSA) is 45.2 Å². The van der Waals surface area contributed by atoms with E-state index in [0.717, 1.165) is 30.9 Å². The van der Waals surface area contributed by atoms with Crippen molar-refractivity contribution in [3.8, 4) is 0 Å². The molecule has 1 aromatic heterocycles. The second-order valence-corrected chi connectivity index (χ2v) is 6.38. The van der Waals surface area contributed by atoms with Crippen LogP contribution in [0.5, 0.6) is 0 Å². The number of carbonyl (C=O) groups excluding carboxylic acids is 1. The number of amides is 1. The minimum atomic E-state index is -0.261. The van der Waals surface area contributed by atoms with Crippen molar-refractivity contribution in [1.29, 1.82) is 0 Å². The van der Waals surface area contributed by atoms with Crippen LogP contribution in [0.25, 0.3) is 0 Å². The number of nitrogens with zero attached hydrogens (tertiary/aromatic N) is 2. The van der Waals surface area contributed by atoms with Gasteiger partial charge in [-0.25, -0.2) is 4.98 Å². The maximum absolute atomic E-state index is 11.8. The third kappa shape index (κ3) is 2.78. The molecule has 1 aliphatic rings. The van der Waals surface area contributed by atoms with Gasteiger partial charge in [0.15, 0.2) is 4.47 Å². The Morgan fingerprint density at radius 1 is 1.76 bits per heavy atom. The van der Waals surface area contributed by atoms with Gasteiger partial charge in [-0.05, 0) is 19.9 Å². The Bertz CT molecular complexity index is 423. The standard InChI is InChI=1S/C11H16ClN3OS/c1-11(9(16)13-2)3-4-15(7-11)6-8-5-14-10(12)17-8/h5H,3-4,6-7H2,1-2H3,(H,13,16). The molecule has 0 bridgehead atoms. The summed E-state index contributed by atoms with van der Waals surface area (Å²) >= 11 is 7.30. The van der Waals surface area contributed by atoms with Gasteiger partial charge in [0, 0.05) is 31.2 Å². The molecule has 0 spiro atoms. The van der Waals surface area contributed by atoms with E-state index in [1.807, 2.05) is 13.1 Å². The molecule has 2 heterocycles. The first-order chi connectivity index (χ1) is 8.03. The van der Waals surface area contributed by atoms with Crippen molar-refractivity contribution in [3.63, 3.8) is 0 Å². The number of hydrogen-bond acceptors (Lipinski definition) is 4. The molecular formula is C11H16ClN3OS. The molecule has 1 amide bonds. The highest BCUT2D eigenvalue weighted by atomic mass is 35.5. The highest BCUT2D eigenvalue weighted by Crippen LogP contribution is 2.31. The molecule has 1 aliphatic heterocycles. The van der Waals surface area contributed by atoms with Crippen LogP contribution in [0.1, 0.15) is 18.2 Å². The van der Waals surface area contributed by atoms with Gasteiger partial charge in [0.1, 0.15) is 0 Å². The van der Waals surface area contributed by atoms with E-state index in [1.165, 1.54) is 11.3 Å². The van der Waals surface area contributed by atoms with Gasteiger partial charge in [0.2, 0.25) is 5.91 Å². The number of likely N-dealkylation sites (tertiary alicyclic amines) is 1. The smallest absolute Gasteiger partial charge is 0.227 e. The molecule has 0 radical (unpaired) electrons. The summed E-state index contributed by atoms with van der Waals surface area (Å²) in [4.78, 5) is 19.2. The van der Waals surface area contributed by atoms with Gasteiger partial charge in [-0.2, -0.15) is 0 Å². The molecule has 2 rings (SSSR count). The summed E-state index contributed by atoms with van der Waals surface area (Å²) in [6.45, 7) is 4.59. The molecular weight excluding hydrogens is 258 g/mol. The minimum Gasteiger partial charge on any atom is -0.359 e. The lowest BCUT2D eigenvalue weighted by Crippen LogP contribution is -2.39.